The number of aromatic nitrogens is 2. The fourth-order valence-corrected chi connectivity index (χ4v) is 4.72. The number of imide groups is 1. The Hall–Kier alpha value is -2.70. The zero-order valence-electron chi connectivity index (χ0n) is 16.6. The summed E-state index contributed by atoms with van der Waals surface area (Å²) in [7, 11) is 0. The van der Waals surface area contributed by atoms with Crippen molar-refractivity contribution in [1.29, 1.82) is 0 Å². The highest BCUT2D eigenvalue weighted by Gasteiger charge is 2.51. The number of aryl methyl sites for hydroxylation is 2. The molecule has 7 nitrogen and oxygen atoms in total. The Morgan fingerprint density at radius 3 is 2.50 bits per heavy atom. The normalized spacial score (nSPS) is 19.0. The van der Waals surface area contributed by atoms with Crippen molar-refractivity contribution in [2.75, 3.05) is 6.54 Å². The van der Waals surface area contributed by atoms with Crippen LogP contribution in [0.3, 0.4) is 0 Å². The van der Waals surface area contributed by atoms with Crippen molar-refractivity contribution < 1.29 is 18.9 Å². The van der Waals surface area contributed by atoms with Crippen molar-refractivity contribution in [3.05, 3.63) is 34.8 Å². The third-order valence-electron chi connectivity index (χ3n) is 6.18. The summed E-state index contributed by atoms with van der Waals surface area (Å²) < 4.78 is 6.99. The first-order valence-electron chi connectivity index (χ1n) is 9.83. The maximum absolute atomic E-state index is 13.0. The third kappa shape index (κ3) is 2.89. The van der Waals surface area contributed by atoms with Crippen LogP contribution in [0.15, 0.2) is 16.7 Å². The average Bonchev–Trinajstić information content (AvgIpc) is 3.27. The van der Waals surface area contributed by atoms with E-state index in [2.05, 4.69) is 5.16 Å². The molecule has 1 aliphatic heterocycles. The molecule has 2 aliphatic rings. The highest BCUT2D eigenvalue weighted by Crippen LogP contribution is 2.45. The van der Waals surface area contributed by atoms with Gasteiger partial charge in [0, 0.05) is 29.4 Å². The number of carbonyl (C=O) groups excluding carboxylic acids is 3. The largest absolute Gasteiger partial charge is 0.360 e. The van der Waals surface area contributed by atoms with Crippen molar-refractivity contribution in [1.82, 2.24) is 14.6 Å². The van der Waals surface area contributed by atoms with Crippen molar-refractivity contribution in [2.24, 2.45) is 5.41 Å². The van der Waals surface area contributed by atoms with Gasteiger partial charge in [-0.1, -0.05) is 24.4 Å². The van der Waals surface area contributed by atoms with E-state index in [1.54, 1.807) is 12.1 Å². The summed E-state index contributed by atoms with van der Waals surface area (Å²) in [6.45, 7) is 5.33. The lowest BCUT2D eigenvalue weighted by molar-refractivity contribution is -0.141. The van der Waals surface area contributed by atoms with E-state index in [9.17, 15) is 14.4 Å². The Morgan fingerprint density at radius 1 is 1.14 bits per heavy atom. The number of hydrogen-bond acceptors (Lipinski definition) is 5. The van der Waals surface area contributed by atoms with Crippen molar-refractivity contribution in [2.45, 2.75) is 59.3 Å². The number of Topliss-reactive ketones (excluding diaryl/α,β-unsaturated/α-hetero) is 1. The first kappa shape index (κ1) is 18.7. The Balaban J connectivity index is 1.58. The van der Waals surface area contributed by atoms with Gasteiger partial charge >= 0.3 is 0 Å². The Labute approximate surface area is 163 Å². The summed E-state index contributed by atoms with van der Waals surface area (Å²) in [5, 5.41) is 4.02. The molecule has 0 unspecified atom stereocenters. The van der Waals surface area contributed by atoms with Crippen LogP contribution in [0, 0.1) is 26.2 Å². The van der Waals surface area contributed by atoms with Gasteiger partial charge in [-0.15, -0.1) is 0 Å². The summed E-state index contributed by atoms with van der Waals surface area (Å²) in [6, 6.07) is 3.58. The molecule has 0 radical (unpaired) electrons. The van der Waals surface area contributed by atoms with Gasteiger partial charge in [-0.05, 0) is 39.7 Å². The lowest BCUT2D eigenvalue weighted by Crippen LogP contribution is -2.39. The number of likely N-dealkylation sites (tertiary alicyclic amines) is 1. The second-order valence-corrected chi connectivity index (χ2v) is 8.14. The van der Waals surface area contributed by atoms with Crippen molar-refractivity contribution in [3.8, 4) is 5.82 Å². The van der Waals surface area contributed by atoms with Crippen molar-refractivity contribution in [3.63, 3.8) is 0 Å². The van der Waals surface area contributed by atoms with Crippen LogP contribution in [-0.4, -0.2) is 38.8 Å². The van der Waals surface area contributed by atoms with Gasteiger partial charge in [0.15, 0.2) is 11.6 Å². The zero-order valence-corrected chi connectivity index (χ0v) is 16.6. The summed E-state index contributed by atoms with van der Waals surface area (Å²) in [4.78, 5) is 39.7. The predicted octanol–water partition coefficient (Wildman–Crippen LogP) is 3.28. The molecule has 148 valence electrons. The molecular weight excluding hydrogens is 358 g/mol. The Morgan fingerprint density at radius 2 is 1.86 bits per heavy atom. The quantitative estimate of drug-likeness (QED) is 0.597. The lowest BCUT2D eigenvalue weighted by Gasteiger charge is -2.30. The first-order valence-corrected chi connectivity index (χ1v) is 9.83. The molecule has 0 atom stereocenters. The fourth-order valence-electron chi connectivity index (χ4n) is 4.72. The first-order chi connectivity index (χ1) is 13.3. The molecule has 0 N–H and O–H groups in total. The van der Waals surface area contributed by atoms with Gasteiger partial charge in [-0.3, -0.25) is 23.9 Å². The molecule has 7 heteroatoms. The molecular formula is C21H25N3O4. The molecule has 1 saturated carbocycles. The number of amides is 2. The predicted molar refractivity (Wildman–Crippen MR) is 101 cm³/mol. The minimum Gasteiger partial charge on any atom is -0.360 e. The van der Waals surface area contributed by atoms with E-state index in [0.29, 0.717) is 17.1 Å². The molecule has 0 bridgehead atoms. The number of carbonyl (C=O) groups is 3. The Kier molecular flexibility index (Phi) is 4.48. The Bertz CT molecular complexity index is 962. The average molecular weight is 383 g/mol. The van der Waals surface area contributed by atoms with E-state index < -0.39 is 5.41 Å². The molecule has 2 aromatic heterocycles. The van der Waals surface area contributed by atoms with Gasteiger partial charge in [-0.25, -0.2) is 0 Å². The number of rotatable bonds is 4. The van der Waals surface area contributed by atoms with Crippen LogP contribution in [0.25, 0.3) is 5.82 Å². The molecule has 1 aliphatic carbocycles. The van der Waals surface area contributed by atoms with Crippen molar-refractivity contribution >= 4 is 17.6 Å². The molecule has 3 heterocycles. The van der Waals surface area contributed by atoms with Crippen LogP contribution >= 0.6 is 0 Å². The molecule has 0 aromatic carbocycles. The zero-order chi connectivity index (χ0) is 20.1. The van der Waals surface area contributed by atoms with E-state index in [1.165, 1.54) is 4.90 Å². The lowest BCUT2D eigenvalue weighted by atomic mass is 9.73. The van der Waals surface area contributed by atoms with E-state index in [4.69, 9.17) is 4.52 Å². The number of hydrogen-bond donors (Lipinski definition) is 0. The van der Waals surface area contributed by atoms with Crippen LogP contribution in [-0.2, 0) is 9.59 Å². The highest BCUT2D eigenvalue weighted by molar-refractivity contribution is 6.10. The molecule has 2 fully saturated rings. The fraction of sp³-hybridized carbons (Fsp3) is 0.524. The smallest absolute Gasteiger partial charge is 0.236 e. The summed E-state index contributed by atoms with van der Waals surface area (Å²) in [5.41, 5.74) is 1.51. The topological polar surface area (TPSA) is 85.4 Å². The van der Waals surface area contributed by atoms with Crippen LogP contribution in [0.2, 0.25) is 0 Å². The third-order valence-corrected chi connectivity index (χ3v) is 6.18. The van der Waals surface area contributed by atoms with E-state index in [0.717, 1.165) is 43.5 Å². The SMILES string of the molecule is Cc1cc(-n2c(C)cc(C(=O)CN3C(=O)CC4(CCCCC4)C3=O)c2C)no1. The van der Waals surface area contributed by atoms with E-state index >= 15 is 0 Å². The molecule has 1 spiro atoms. The number of ketones is 1. The second kappa shape index (κ2) is 6.72. The molecule has 28 heavy (non-hydrogen) atoms. The standard InChI is InChI=1S/C21H25N3O4/c1-13-9-16(15(3)24(13)18-10-14(2)28-22-18)17(25)12-23-19(26)11-21(20(23)27)7-5-4-6-8-21/h9-10H,4-8,11-12H2,1-3H3. The molecule has 2 amide bonds. The van der Waals surface area contributed by atoms with Gasteiger partial charge in [0.1, 0.15) is 5.76 Å². The van der Waals surface area contributed by atoms with E-state index in [1.807, 2.05) is 25.3 Å². The summed E-state index contributed by atoms with van der Waals surface area (Å²) in [6.07, 6.45) is 4.80. The molecule has 1 saturated heterocycles. The minimum absolute atomic E-state index is 0.161. The van der Waals surface area contributed by atoms with Crippen LogP contribution in [0.5, 0.6) is 0 Å². The van der Waals surface area contributed by atoms with Gasteiger partial charge in [0.25, 0.3) is 0 Å². The van der Waals surface area contributed by atoms with Gasteiger partial charge in [-0.2, -0.15) is 0 Å². The molecule has 2 aromatic rings. The minimum atomic E-state index is -0.565. The van der Waals surface area contributed by atoms with E-state index in [-0.39, 0.29) is 30.6 Å². The monoisotopic (exact) mass is 383 g/mol. The van der Waals surface area contributed by atoms with Crippen LogP contribution < -0.4 is 0 Å². The highest BCUT2D eigenvalue weighted by atomic mass is 16.5. The summed E-state index contributed by atoms with van der Waals surface area (Å²) in [5.74, 6) is 0.684. The van der Waals surface area contributed by atoms with Gasteiger partial charge < -0.3 is 4.52 Å². The van der Waals surface area contributed by atoms with Crippen LogP contribution in [0.4, 0.5) is 0 Å². The van der Waals surface area contributed by atoms with Gasteiger partial charge in [0.2, 0.25) is 11.8 Å². The van der Waals surface area contributed by atoms with Crippen LogP contribution in [0.1, 0.15) is 66.0 Å². The second-order valence-electron chi connectivity index (χ2n) is 8.14. The van der Waals surface area contributed by atoms with Gasteiger partial charge in [0.05, 0.1) is 12.0 Å². The maximum atomic E-state index is 13.0. The molecule has 4 rings (SSSR count). The maximum Gasteiger partial charge on any atom is 0.236 e. The number of nitrogens with zero attached hydrogens (tertiary/aromatic N) is 3. The summed E-state index contributed by atoms with van der Waals surface area (Å²) >= 11 is 0.